The monoisotopic (exact) mass is 496 g/mol. The average molecular weight is 497 g/mol. The van der Waals surface area contributed by atoms with Crippen LogP contribution < -0.4 is 9.64 Å². The van der Waals surface area contributed by atoms with Crippen LogP contribution in [0.2, 0.25) is 0 Å². The first-order chi connectivity index (χ1) is 17.3. The van der Waals surface area contributed by atoms with Crippen LogP contribution in [0.25, 0.3) is 0 Å². The second-order valence-electron chi connectivity index (χ2n) is 9.47. The number of nitrogens with zero attached hydrogens (tertiary/aromatic N) is 2. The molecule has 2 unspecified atom stereocenters. The average Bonchev–Trinajstić information content (AvgIpc) is 2.89. The van der Waals surface area contributed by atoms with Gasteiger partial charge in [-0.3, -0.25) is 4.79 Å². The van der Waals surface area contributed by atoms with Crippen molar-refractivity contribution in [1.29, 1.82) is 0 Å². The van der Waals surface area contributed by atoms with Gasteiger partial charge in [-0.25, -0.2) is 4.79 Å². The van der Waals surface area contributed by atoms with E-state index < -0.39 is 5.97 Å². The van der Waals surface area contributed by atoms with Gasteiger partial charge in [0.2, 0.25) is 5.91 Å². The molecule has 6 nitrogen and oxygen atoms in total. The maximum absolute atomic E-state index is 13.4. The predicted octanol–water partition coefficient (Wildman–Crippen LogP) is 6.59. The number of likely N-dealkylation sites (N-methyl/N-ethyl adjacent to an activating group) is 1. The molecule has 0 spiro atoms. The van der Waals surface area contributed by atoms with Gasteiger partial charge in [0.05, 0.1) is 25.3 Å². The molecule has 6 heteroatoms. The van der Waals surface area contributed by atoms with Crippen molar-refractivity contribution in [1.82, 2.24) is 4.90 Å². The van der Waals surface area contributed by atoms with Crippen LogP contribution in [0, 0.1) is 5.92 Å². The molecule has 0 aromatic heterocycles. The van der Waals surface area contributed by atoms with E-state index >= 15 is 0 Å². The van der Waals surface area contributed by atoms with Crippen molar-refractivity contribution in [3.05, 3.63) is 59.2 Å². The van der Waals surface area contributed by atoms with Crippen LogP contribution in [-0.2, 0) is 11.2 Å². The molecule has 0 bridgehead atoms. The Balaban J connectivity index is 2.61. The fourth-order valence-corrected chi connectivity index (χ4v) is 4.77. The second kappa shape index (κ2) is 14.5. The number of carboxylic acid groups (broad SMARTS) is 1. The Hall–Kier alpha value is -3.02. The zero-order chi connectivity index (χ0) is 26.7. The van der Waals surface area contributed by atoms with Gasteiger partial charge in [-0.1, -0.05) is 58.2 Å². The van der Waals surface area contributed by atoms with E-state index in [9.17, 15) is 14.7 Å². The van der Waals surface area contributed by atoms with Crippen molar-refractivity contribution in [2.24, 2.45) is 5.92 Å². The molecule has 0 saturated heterocycles. The largest absolute Gasteiger partial charge is 0.497 e. The Bertz CT molecular complexity index is 973. The molecule has 0 heterocycles. The summed E-state index contributed by atoms with van der Waals surface area (Å²) in [5, 5.41) is 9.78. The molecule has 0 aliphatic carbocycles. The number of hydrogen-bond acceptors (Lipinski definition) is 4. The minimum absolute atomic E-state index is 0.0481. The summed E-state index contributed by atoms with van der Waals surface area (Å²) >= 11 is 0. The molecule has 2 rings (SSSR count). The standard InChI is InChI=1S/C30H44N2O4/c1-7-11-23(9-3)19-25-12-13-26(30(34)35)20-28(25)32(21-29(33)31(10-4)18-8-2)22(5)24-14-16-27(36-6)17-15-24/h12-17,20,22-23H,7-11,18-19,21H2,1-6H3,(H,34,35). The minimum atomic E-state index is -0.965. The van der Waals surface area contributed by atoms with Gasteiger partial charge in [0, 0.05) is 18.8 Å². The van der Waals surface area contributed by atoms with E-state index in [-0.39, 0.29) is 24.1 Å². The molecule has 0 radical (unpaired) electrons. The third-order valence-electron chi connectivity index (χ3n) is 7.02. The third-order valence-corrected chi connectivity index (χ3v) is 7.02. The Morgan fingerprint density at radius 2 is 1.69 bits per heavy atom. The predicted molar refractivity (Wildman–Crippen MR) is 147 cm³/mol. The van der Waals surface area contributed by atoms with Gasteiger partial charge >= 0.3 is 5.97 Å². The molecule has 198 valence electrons. The molecule has 0 saturated carbocycles. The van der Waals surface area contributed by atoms with Crippen molar-refractivity contribution in [2.45, 2.75) is 72.8 Å². The molecular weight excluding hydrogens is 452 g/mol. The number of carboxylic acids is 1. The lowest BCUT2D eigenvalue weighted by Crippen LogP contribution is -2.42. The second-order valence-corrected chi connectivity index (χ2v) is 9.47. The lowest BCUT2D eigenvalue weighted by atomic mass is 9.90. The minimum Gasteiger partial charge on any atom is -0.497 e. The number of aromatic carboxylic acids is 1. The van der Waals surface area contributed by atoms with E-state index in [4.69, 9.17) is 4.74 Å². The Morgan fingerprint density at radius 3 is 2.22 bits per heavy atom. The highest BCUT2D eigenvalue weighted by atomic mass is 16.5. The van der Waals surface area contributed by atoms with Gasteiger partial charge in [-0.15, -0.1) is 0 Å². The number of anilines is 1. The van der Waals surface area contributed by atoms with Crippen LogP contribution in [0.1, 0.15) is 87.8 Å². The summed E-state index contributed by atoms with van der Waals surface area (Å²) in [5.41, 5.74) is 3.19. The maximum Gasteiger partial charge on any atom is 0.335 e. The fraction of sp³-hybridized carbons (Fsp3) is 0.533. The Kier molecular flexibility index (Phi) is 11.8. The number of hydrogen-bond donors (Lipinski definition) is 1. The first-order valence-corrected chi connectivity index (χ1v) is 13.3. The highest BCUT2D eigenvalue weighted by molar-refractivity contribution is 5.90. The topological polar surface area (TPSA) is 70.1 Å². The molecule has 2 aromatic rings. The number of carbonyl (C=O) groups excluding carboxylic acids is 1. The van der Waals surface area contributed by atoms with Crippen LogP contribution in [-0.4, -0.2) is 48.6 Å². The van der Waals surface area contributed by atoms with Crippen LogP contribution in [0.15, 0.2) is 42.5 Å². The van der Waals surface area contributed by atoms with E-state index in [2.05, 4.69) is 32.6 Å². The first-order valence-electron chi connectivity index (χ1n) is 13.3. The molecule has 2 atom stereocenters. The van der Waals surface area contributed by atoms with Gasteiger partial charge in [0.1, 0.15) is 5.75 Å². The van der Waals surface area contributed by atoms with Gasteiger partial charge in [-0.2, -0.15) is 0 Å². The third kappa shape index (κ3) is 7.74. The van der Waals surface area contributed by atoms with Crippen LogP contribution in [0.3, 0.4) is 0 Å². The smallest absolute Gasteiger partial charge is 0.335 e. The summed E-state index contributed by atoms with van der Waals surface area (Å²) in [5.74, 6) is 0.359. The summed E-state index contributed by atoms with van der Waals surface area (Å²) in [6.07, 6.45) is 5.02. The quantitative estimate of drug-likeness (QED) is 0.301. The van der Waals surface area contributed by atoms with Gasteiger partial charge in [0.15, 0.2) is 0 Å². The lowest BCUT2D eigenvalue weighted by Gasteiger charge is -2.35. The molecule has 2 aromatic carbocycles. The molecular formula is C30H44N2O4. The van der Waals surface area contributed by atoms with Gasteiger partial charge in [0.25, 0.3) is 0 Å². The highest BCUT2D eigenvalue weighted by Crippen LogP contribution is 2.34. The molecule has 1 amide bonds. The van der Waals surface area contributed by atoms with Crippen molar-refractivity contribution in [3.63, 3.8) is 0 Å². The fourth-order valence-electron chi connectivity index (χ4n) is 4.77. The molecule has 0 aliphatic rings. The molecule has 0 fully saturated rings. The number of benzene rings is 2. The summed E-state index contributed by atoms with van der Waals surface area (Å²) < 4.78 is 5.33. The summed E-state index contributed by atoms with van der Waals surface area (Å²) in [4.78, 5) is 29.3. The first kappa shape index (κ1) is 29.2. The van der Waals surface area contributed by atoms with E-state index in [0.717, 1.165) is 54.7 Å². The molecule has 1 N–H and O–H groups in total. The maximum atomic E-state index is 13.4. The number of amides is 1. The van der Waals surface area contributed by atoms with Crippen LogP contribution in [0.4, 0.5) is 5.69 Å². The van der Waals surface area contributed by atoms with E-state index in [1.165, 1.54) is 0 Å². The molecule has 36 heavy (non-hydrogen) atoms. The summed E-state index contributed by atoms with van der Waals surface area (Å²) in [6.45, 7) is 12.1. The Labute approximate surface area is 217 Å². The summed E-state index contributed by atoms with van der Waals surface area (Å²) in [7, 11) is 1.64. The van der Waals surface area contributed by atoms with Crippen molar-refractivity contribution >= 4 is 17.6 Å². The number of carbonyl (C=O) groups is 2. The van der Waals surface area contributed by atoms with E-state index in [0.29, 0.717) is 19.0 Å². The van der Waals surface area contributed by atoms with Crippen molar-refractivity contribution in [2.75, 3.05) is 31.6 Å². The van der Waals surface area contributed by atoms with Gasteiger partial charge < -0.3 is 19.6 Å². The van der Waals surface area contributed by atoms with Crippen molar-refractivity contribution in [3.8, 4) is 5.75 Å². The normalized spacial score (nSPS) is 12.6. The number of rotatable bonds is 15. The highest BCUT2D eigenvalue weighted by Gasteiger charge is 2.26. The van der Waals surface area contributed by atoms with Crippen LogP contribution in [0.5, 0.6) is 5.75 Å². The molecule has 0 aliphatic heterocycles. The number of ether oxygens (including phenoxy) is 1. The van der Waals surface area contributed by atoms with Crippen molar-refractivity contribution < 1.29 is 19.4 Å². The lowest BCUT2D eigenvalue weighted by molar-refractivity contribution is -0.129. The van der Waals surface area contributed by atoms with E-state index in [1.807, 2.05) is 42.2 Å². The van der Waals surface area contributed by atoms with Crippen LogP contribution >= 0.6 is 0 Å². The number of methoxy groups -OCH3 is 1. The Morgan fingerprint density at radius 1 is 1.00 bits per heavy atom. The van der Waals surface area contributed by atoms with Gasteiger partial charge in [-0.05, 0) is 68.0 Å². The van der Waals surface area contributed by atoms with E-state index in [1.54, 1.807) is 19.2 Å². The zero-order valence-electron chi connectivity index (χ0n) is 22.9. The SMILES string of the molecule is CCCC(CC)Cc1ccc(C(=O)O)cc1N(CC(=O)N(CC)CCC)C(C)c1ccc(OC)cc1. The zero-order valence-corrected chi connectivity index (χ0v) is 22.9. The summed E-state index contributed by atoms with van der Waals surface area (Å²) in [6, 6.07) is 13.1.